The van der Waals surface area contributed by atoms with E-state index < -0.39 is 50.2 Å². The lowest BCUT2D eigenvalue weighted by molar-refractivity contribution is -0.137. The molecule has 0 aliphatic carbocycles. The summed E-state index contributed by atoms with van der Waals surface area (Å²) in [6.07, 6.45) is -4.03. The van der Waals surface area contributed by atoms with Crippen LogP contribution in [0.1, 0.15) is 15.9 Å². The van der Waals surface area contributed by atoms with Gasteiger partial charge in [0.25, 0.3) is 11.5 Å². The van der Waals surface area contributed by atoms with E-state index >= 15 is 0 Å². The third kappa shape index (κ3) is 3.88. The van der Waals surface area contributed by atoms with Gasteiger partial charge in [-0.05, 0) is 36.4 Å². The molecule has 0 radical (unpaired) electrons. The molecule has 0 atom stereocenters. The molecule has 0 saturated carbocycles. The second kappa shape index (κ2) is 7.86. The van der Waals surface area contributed by atoms with Crippen LogP contribution in [0.15, 0.2) is 47.3 Å². The number of carbonyl (C=O) groups is 1. The first kappa shape index (κ1) is 23.1. The zero-order chi connectivity index (χ0) is 24.0. The molecule has 0 aliphatic rings. The van der Waals surface area contributed by atoms with Crippen molar-refractivity contribution in [3.05, 3.63) is 63.9 Å². The summed E-state index contributed by atoms with van der Waals surface area (Å²) in [6.45, 7) is 0. The maximum Gasteiger partial charge on any atom is 0.416 e. The molecule has 170 valence electrons. The molecule has 0 bridgehead atoms. The second-order valence-corrected chi connectivity index (χ2v) is 8.65. The van der Waals surface area contributed by atoms with Crippen LogP contribution < -0.4 is 14.6 Å². The zero-order valence-corrected chi connectivity index (χ0v) is 17.8. The van der Waals surface area contributed by atoms with Gasteiger partial charge in [-0.2, -0.15) is 13.2 Å². The minimum atomic E-state index is -4.68. The van der Waals surface area contributed by atoms with Crippen LogP contribution in [0.25, 0.3) is 10.9 Å². The lowest BCUT2D eigenvalue weighted by atomic mass is 10.1. The highest BCUT2D eigenvalue weighted by Crippen LogP contribution is 2.36. The quantitative estimate of drug-likeness (QED) is 0.629. The topological polar surface area (TPSA) is 106 Å². The summed E-state index contributed by atoms with van der Waals surface area (Å²) in [6, 6.07) is 7.26. The number of halogens is 3. The van der Waals surface area contributed by atoms with Gasteiger partial charge in [-0.3, -0.25) is 9.59 Å². The summed E-state index contributed by atoms with van der Waals surface area (Å²) in [5.74, 6) is -2.13. The van der Waals surface area contributed by atoms with E-state index in [1.165, 1.54) is 26.3 Å². The standard InChI is InChI=1S/C20H17F3N2O6S/c1-24-13-5-4-6-14(31-2)15(13)17(26)16(18(24)27)19(28)25(32(3,29)30)12-9-7-11(8-10-12)20(21,22)23/h4-10,26H,1-3H3. The molecule has 0 fully saturated rings. The summed E-state index contributed by atoms with van der Waals surface area (Å²) in [5, 5.41) is 10.8. The highest BCUT2D eigenvalue weighted by atomic mass is 32.2. The molecule has 8 nitrogen and oxygen atoms in total. The zero-order valence-electron chi connectivity index (χ0n) is 17.0. The van der Waals surface area contributed by atoms with Gasteiger partial charge < -0.3 is 14.4 Å². The Labute approximate surface area is 180 Å². The number of aromatic hydroxyl groups is 1. The van der Waals surface area contributed by atoms with E-state index in [0.29, 0.717) is 18.4 Å². The van der Waals surface area contributed by atoms with Crippen molar-refractivity contribution in [3.63, 3.8) is 0 Å². The minimum absolute atomic E-state index is 0.0127. The largest absolute Gasteiger partial charge is 0.506 e. The maximum absolute atomic E-state index is 13.2. The molecule has 1 heterocycles. The lowest BCUT2D eigenvalue weighted by Crippen LogP contribution is -2.40. The van der Waals surface area contributed by atoms with E-state index in [-0.39, 0.29) is 21.0 Å². The van der Waals surface area contributed by atoms with Crippen molar-refractivity contribution in [3.8, 4) is 11.5 Å². The summed E-state index contributed by atoms with van der Waals surface area (Å²) in [5.41, 5.74) is -3.17. The Morgan fingerprint density at radius 1 is 1.12 bits per heavy atom. The summed E-state index contributed by atoms with van der Waals surface area (Å²) < 4.78 is 69.7. The minimum Gasteiger partial charge on any atom is -0.506 e. The molecule has 0 spiro atoms. The number of alkyl halides is 3. The Morgan fingerprint density at radius 2 is 1.72 bits per heavy atom. The molecule has 0 aliphatic heterocycles. The fraction of sp³-hybridized carbons (Fsp3) is 0.200. The van der Waals surface area contributed by atoms with Crippen LogP contribution in [-0.2, 0) is 23.2 Å². The Hall–Kier alpha value is -3.54. The first-order valence-corrected chi connectivity index (χ1v) is 10.7. The summed E-state index contributed by atoms with van der Waals surface area (Å²) in [7, 11) is -1.81. The van der Waals surface area contributed by atoms with Crippen LogP contribution in [0.4, 0.5) is 18.9 Å². The van der Waals surface area contributed by atoms with Crippen LogP contribution >= 0.6 is 0 Å². The van der Waals surface area contributed by atoms with Gasteiger partial charge in [-0.25, -0.2) is 12.7 Å². The van der Waals surface area contributed by atoms with E-state index in [1.807, 2.05) is 0 Å². The van der Waals surface area contributed by atoms with Crippen LogP contribution in [0.2, 0.25) is 0 Å². The predicted molar refractivity (Wildman–Crippen MR) is 111 cm³/mol. The molecule has 0 saturated heterocycles. The third-order valence-electron chi connectivity index (χ3n) is 4.74. The Bertz CT molecular complexity index is 1380. The van der Waals surface area contributed by atoms with E-state index in [0.717, 1.165) is 16.7 Å². The molecule has 12 heteroatoms. The molecule has 32 heavy (non-hydrogen) atoms. The molecule has 1 N–H and O–H groups in total. The van der Waals surface area contributed by atoms with Crippen molar-refractivity contribution in [1.82, 2.24) is 4.57 Å². The van der Waals surface area contributed by atoms with Crippen molar-refractivity contribution in [2.45, 2.75) is 6.18 Å². The van der Waals surface area contributed by atoms with Gasteiger partial charge in [0.15, 0.2) is 0 Å². The van der Waals surface area contributed by atoms with Crippen LogP contribution in [0.5, 0.6) is 11.5 Å². The molecular weight excluding hydrogens is 453 g/mol. The Morgan fingerprint density at radius 3 is 2.22 bits per heavy atom. The van der Waals surface area contributed by atoms with E-state index in [4.69, 9.17) is 4.74 Å². The number of pyridine rings is 1. The van der Waals surface area contributed by atoms with Gasteiger partial charge >= 0.3 is 6.18 Å². The van der Waals surface area contributed by atoms with Gasteiger partial charge in [0, 0.05) is 7.05 Å². The van der Waals surface area contributed by atoms with E-state index in [2.05, 4.69) is 0 Å². The lowest BCUT2D eigenvalue weighted by Gasteiger charge is -2.22. The van der Waals surface area contributed by atoms with E-state index in [1.54, 1.807) is 6.07 Å². The maximum atomic E-state index is 13.2. The normalized spacial score (nSPS) is 12.1. The average molecular weight is 470 g/mol. The predicted octanol–water partition coefficient (Wildman–Crippen LogP) is 2.88. The molecule has 3 aromatic rings. The number of fused-ring (bicyclic) bond motifs is 1. The number of aryl methyl sites for hydroxylation is 1. The fourth-order valence-electron chi connectivity index (χ4n) is 3.25. The molecule has 1 amide bonds. The van der Waals surface area contributed by atoms with Gasteiger partial charge in [0.2, 0.25) is 10.0 Å². The van der Waals surface area contributed by atoms with Crippen molar-refractivity contribution < 1.29 is 36.2 Å². The van der Waals surface area contributed by atoms with Gasteiger partial charge in [-0.1, -0.05) is 6.07 Å². The number of benzene rings is 2. The van der Waals surface area contributed by atoms with Gasteiger partial charge in [-0.15, -0.1) is 0 Å². The van der Waals surface area contributed by atoms with Crippen LogP contribution in [-0.4, -0.2) is 37.4 Å². The summed E-state index contributed by atoms with van der Waals surface area (Å²) >= 11 is 0. The number of rotatable bonds is 4. The fourth-order valence-corrected chi connectivity index (χ4v) is 4.15. The molecule has 1 aromatic heterocycles. The Kier molecular flexibility index (Phi) is 5.68. The Balaban J connectivity index is 2.28. The summed E-state index contributed by atoms with van der Waals surface area (Å²) in [4.78, 5) is 26.1. The van der Waals surface area contributed by atoms with Crippen molar-refractivity contribution >= 4 is 32.5 Å². The number of hydrogen-bond donors (Lipinski definition) is 1. The number of carbonyl (C=O) groups excluding carboxylic acids is 1. The molecule has 0 unspecified atom stereocenters. The number of amides is 1. The number of anilines is 1. The smallest absolute Gasteiger partial charge is 0.416 e. The van der Waals surface area contributed by atoms with Gasteiger partial charge in [0.1, 0.15) is 17.1 Å². The van der Waals surface area contributed by atoms with Crippen molar-refractivity contribution in [2.75, 3.05) is 17.7 Å². The highest BCUT2D eigenvalue weighted by Gasteiger charge is 2.34. The van der Waals surface area contributed by atoms with Crippen LogP contribution in [0, 0.1) is 0 Å². The van der Waals surface area contributed by atoms with Gasteiger partial charge in [0.05, 0.1) is 35.5 Å². The van der Waals surface area contributed by atoms with Crippen LogP contribution in [0.3, 0.4) is 0 Å². The number of methoxy groups -OCH3 is 1. The van der Waals surface area contributed by atoms with E-state index in [9.17, 15) is 36.3 Å². The molecule has 3 rings (SSSR count). The van der Waals surface area contributed by atoms with Crippen molar-refractivity contribution in [2.24, 2.45) is 7.05 Å². The monoisotopic (exact) mass is 470 g/mol. The average Bonchev–Trinajstić information content (AvgIpc) is 2.70. The highest BCUT2D eigenvalue weighted by molar-refractivity contribution is 7.92. The SMILES string of the molecule is COc1cccc2c1c(O)c(C(=O)N(c1ccc(C(F)(F)F)cc1)S(C)(=O)=O)c(=O)n2C. The molecule has 2 aromatic carbocycles. The number of sulfonamides is 1. The number of ether oxygens (including phenoxy) is 1. The third-order valence-corrected chi connectivity index (χ3v) is 5.78. The second-order valence-electron chi connectivity index (χ2n) is 6.82. The first-order valence-electron chi connectivity index (χ1n) is 8.89. The number of hydrogen-bond acceptors (Lipinski definition) is 6. The number of aromatic nitrogens is 1. The molecular formula is C20H17F3N2O6S. The first-order chi connectivity index (χ1) is 14.8. The van der Waals surface area contributed by atoms with Crippen molar-refractivity contribution in [1.29, 1.82) is 0 Å². The number of nitrogens with zero attached hydrogens (tertiary/aromatic N) is 2.